The number of pyridine rings is 1. The van der Waals surface area contributed by atoms with E-state index in [1.807, 2.05) is 18.3 Å². The Morgan fingerprint density at radius 1 is 0.766 bits per heavy atom. The van der Waals surface area contributed by atoms with Crippen LogP contribution in [-0.2, 0) is 15.6 Å². The summed E-state index contributed by atoms with van der Waals surface area (Å²) in [6.45, 7) is 16.3. The van der Waals surface area contributed by atoms with Crippen LogP contribution in [0.25, 0.3) is 11.1 Å². The van der Waals surface area contributed by atoms with Gasteiger partial charge in [-0.15, -0.1) is 0 Å². The van der Waals surface area contributed by atoms with Gasteiger partial charge < -0.3 is 9.47 Å². The zero-order valence-electron chi connectivity index (χ0n) is 28.4. The molecule has 238 valence electrons. The minimum absolute atomic E-state index is 0.00987. The topological polar surface area (TPSA) is 47.0 Å². The van der Waals surface area contributed by atoms with Crippen molar-refractivity contribution in [2.75, 3.05) is 11.5 Å². The number of benzene rings is 4. The van der Waals surface area contributed by atoms with Crippen LogP contribution >= 0.6 is 0 Å². The third kappa shape index (κ3) is 5.80. The Kier molecular flexibility index (Phi) is 7.66. The lowest BCUT2D eigenvalue weighted by Crippen LogP contribution is -2.31. The first-order valence-corrected chi connectivity index (χ1v) is 16.6. The van der Waals surface area contributed by atoms with E-state index in [9.17, 15) is 0 Å². The summed E-state index contributed by atoms with van der Waals surface area (Å²) in [6.07, 6.45) is 1.92. The highest BCUT2D eigenvalue weighted by molar-refractivity contribution is 5.97. The first-order chi connectivity index (χ1) is 22.5. The summed E-state index contributed by atoms with van der Waals surface area (Å²) in [6, 6.07) is 36.3. The van der Waals surface area contributed by atoms with Crippen molar-refractivity contribution in [3.63, 3.8) is 0 Å². The molecule has 0 spiro atoms. The number of hydrogen-bond donors (Lipinski definition) is 0. The van der Waals surface area contributed by atoms with Gasteiger partial charge in [-0.1, -0.05) is 103 Å². The van der Waals surface area contributed by atoms with E-state index in [1.165, 1.54) is 16.7 Å². The molecule has 0 N–H and O–H groups in total. The van der Waals surface area contributed by atoms with E-state index < -0.39 is 0 Å². The van der Waals surface area contributed by atoms with Crippen molar-refractivity contribution in [2.24, 2.45) is 10.9 Å². The van der Waals surface area contributed by atoms with E-state index in [0.717, 1.165) is 45.4 Å². The van der Waals surface area contributed by atoms with Crippen molar-refractivity contribution >= 4 is 23.1 Å². The van der Waals surface area contributed by atoms with Crippen molar-refractivity contribution in [1.29, 1.82) is 0 Å². The lowest BCUT2D eigenvalue weighted by molar-refractivity contribution is 0.292. The van der Waals surface area contributed by atoms with Crippen LogP contribution in [0.15, 0.2) is 114 Å². The largest absolute Gasteiger partial charge is 0.475 e. The lowest BCUT2D eigenvalue weighted by Gasteiger charge is -2.41. The first-order valence-electron chi connectivity index (χ1n) is 16.6. The standard InChI is InChI=1S/C42H43N3O2/c1-27(2)36-26-46-40(44-36)30-21-29(28-13-9-8-10-14-28)22-33(23-30)47-32-17-18-35-38(25-32)45(37-16-12-11-15-34(37)42(35,6)7)39-24-31(19-20-43-39)41(3,4)5/h8-25,27,36H,26H2,1-7H3/t36-/m0/s1. The van der Waals surface area contributed by atoms with Gasteiger partial charge in [0.2, 0.25) is 5.90 Å². The molecular weight excluding hydrogens is 578 g/mol. The fourth-order valence-electron chi connectivity index (χ4n) is 6.62. The molecule has 2 aliphatic rings. The Bertz CT molecular complexity index is 1970. The van der Waals surface area contributed by atoms with Crippen LogP contribution in [-0.4, -0.2) is 23.5 Å². The quantitative estimate of drug-likeness (QED) is 0.189. The first kappa shape index (κ1) is 30.7. The number of para-hydroxylation sites is 1. The van der Waals surface area contributed by atoms with Crippen molar-refractivity contribution in [2.45, 2.75) is 65.3 Å². The Morgan fingerprint density at radius 2 is 1.49 bits per heavy atom. The van der Waals surface area contributed by atoms with Gasteiger partial charge in [-0.25, -0.2) is 9.98 Å². The summed E-state index contributed by atoms with van der Waals surface area (Å²) in [4.78, 5) is 12.1. The molecular formula is C42H43N3O2. The molecule has 0 aliphatic carbocycles. The lowest BCUT2D eigenvalue weighted by atomic mass is 9.73. The van der Waals surface area contributed by atoms with Crippen LogP contribution < -0.4 is 9.64 Å². The van der Waals surface area contributed by atoms with E-state index in [-0.39, 0.29) is 16.9 Å². The fraction of sp³-hybridized carbons (Fsp3) is 0.286. The summed E-state index contributed by atoms with van der Waals surface area (Å²) >= 11 is 0. The summed E-state index contributed by atoms with van der Waals surface area (Å²) < 4.78 is 12.9. The summed E-state index contributed by atoms with van der Waals surface area (Å²) in [5.74, 6) is 3.46. The third-order valence-electron chi connectivity index (χ3n) is 9.48. The van der Waals surface area contributed by atoms with Gasteiger partial charge in [0.1, 0.15) is 23.9 Å². The van der Waals surface area contributed by atoms with Crippen LogP contribution in [0.3, 0.4) is 0 Å². The molecule has 5 aromatic rings. The number of hydrogen-bond acceptors (Lipinski definition) is 5. The van der Waals surface area contributed by atoms with Gasteiger partial charge in [0.05, 0.1) is 17.4 Å². The van der Waals surface area contributed by atoms with E-state index >= 15 is 0 Å². The van der Waals surface area contributed by atoms with Gasteiger partial charge in [-0.2, -0.15) is 0 Å². The zero-order valence-corrected chi connectivity index (χ0v) is 28.4. The van der Waals surface area contributed by atoms with E-state index in [0.29, 0.717) is 18.4 Å². The Hall–Kier alpha value is -4.90. The van der Waals surface area contributed by atoms with Crippen molar-refractivity contribution < 1.29 is 9.47 Å². The fourth-order valence-corrected chi connectivity index (χ4v) is 6.62. The minimum atomic E-state index is -0.214. The highest BCUT2D eigenvalue weighted by atomic mass is 16.5. The van der Waals surface area contributed by atoms with Crippen molar-refractivity contribution in [3.8, 4) is 22.6 Å². The molecule has 0 saturated carbocycles. The number of aliphatic imine (C=N–C) groups is 1. The minimum Gasteiger partial charge on any atom is -0.475 e. The molecule has 4 aromatic carbocycles. The number of rotatable bonds is 6. The maximum absolute atomic E-state index is 6.74. The van der Waals surface area contributed by atoms with Crippen LogP contribution in [0.4, 0.5) is 17.2 Å². The molecule has 0 bridgehead atoms. The number of anilines is 3. The van der Waals surface area contributed by atoms with Gasteiger partial charge in [0.15, 0.2) is 0 Å². The van der Waals surface area contributed by atoms with E-state index in [1.54, 1.807) is 0 Å². The average Bonchev–Trinajstić information content (AvgIpc) is 3.56. The number of nitrogens with zero attached hydrogens (tertiary/aromatic N) is 3. The van der Waals surface area contributed by atoms with Gasteiger partial charge in [-0.05, 0) is 81.6 Å². The molecule has 0 fully saturated rings. The monoisotopic (exact) mass is 621 g/mol. The van der Waals surface area contributed by atoms with Gasteiger partial charge in [0, 0.05) is 23.2 Å². The molecule has 0 radical (unpaired) electrons. The van der Waals surface area contributed by atoms with Gasteiger partial charge in [-0.3, -0.25) is 4.90 Å². The molecule has 1 atom stereocenters. The van der Waals surface area contributed by atoms with E-state index in [4.69, 9.17) is 19.5 Å². The summed E-state index contributed by atoms with van der Waals surface area (Å²) in [7, 11) is 0. The Balaban J connectivity index is 1.34. The maximum Gasteiger partial charge on any atom is 0.216 e. The molecule has 5 nitrogen and oxygen atoms in total. The molecule has 7 rings (SSSR count). The predicted octanol–water partition coefficient (Wildman–Crippen LogP) is 10.7. The Labute approximate surface area is 278 Å². The number of fused-ring (bicyclic) bond motifs is 2. The maximum atomic E-state index is 6.74. The Morgan fingerprint density at radius 3 is 2.23 bits per heavy atom. The molecule has 0 amide bonds. The zero-order chi connectivity index (χ0) is 32.9. The van der Waals surface area contributed by atoms with E-state index in [2.05, 4.69) is 144 Å². The van der Waals surface area contributed by atoms with Crippen molar-refractivity contribution in [3.05, 3.63) is 132 Å². The van der Waals surface area contributed by atoms with Crippen LogP contribution in [0.5, 0.6) is 11.5 Å². The predicted molar refractivity (Wildman–Crippen MR) is 193 cm³/mol. The molecule has 1 aromatic heterocycles. The molecule has 3 heterocycles. The van der Waals surface area contributed by atoms with Crippen LogP contribution in [0, 0.1) is 5.92 Å². The second kappa shape index (κ2) is 11.7. The molecule has 5 heteroatoms. The normalized spacial score (nSPS) is 16.7. The van der Waals surface area contributed by atoms with Gasteiger partial charge >= 0.3 is 0 Å². The summed E-state index contributed by atoms with van der Waals surface area (Å²) in [5.41, 5.74) is 8.77. The highest BCUT2D eigenvalue weighted by Crippen LogP contribution is 2.52. The number of ether oxygens (including phenoxy) is 2. The van der Waals surface area contributed by atoms with Crippen LogP contribution in [0.1, 0.15) is 70.7 Å². The smallest absolute Gasteiger partial charge is 0.216 e. The SMILES string of the molecule is CC(C)[C@@H]1COC(c2cc(Oc3ccc4c(c3)N(c3cc(C(C)(C)C)ccn3)c3ccccc3C4(C)C)cc(-c3ccccc3)c2)=N1. The second-order valence-corrected chi connectivity index (χ2v) is 14.6. The van der Waals surface area contributed by atoms with Gasteiger partial charge in [0.25, 0.3) is 0 Å². The van der Waals surface area contributed by atoms with Crippen LogP contribution in [0.2, 0.25) is 0 Å². The molecule has 2 aliphatic heterocycles. The molecule has 47 heavy (non-hydrogen) atoms. The van der Waals surface area contributed by atoms with Crippen molar-refractivity contribution in [1.82, 2.24) is 4.98 Å². The highest BCUT2D eigenvalue weighted by Gasteiger charge is 2.37. The number of aromatic nitrogens is 1. The average molecular weight is 622 g/mol. The third-order valence-corrected chi connectivity index (χ3v) is 9.48. The summed E-state index contributed by atoms with van der Waals surface area (Å²) in [5, 5.41) is 0. The second-order valence-electron chi connectivity index (χ2n) is 14.6. The molecule has 0 unspecified atom stereocenters. The molecule has 0 saturated heterocycles.